The minimum Gasteiger partial charge on any atom is -0.303 e. The molecule has 6 nitrogen and oxygen atoms in total. The molecule has 2 rings (SSSR count). The van der Waals surface area contributed by atoms with Crippen LogP contribution in [0.25, 0.3) is 0 Å². The van der Waals surface area contributed by atoms with Crippen molar-refractivity contribution in [3.8, 4) is 0 Å². The molecule has 0 radical (unpaired) electrons. The number of carbonyl (C=O) groups is 1. The normalized spacial score (nSPS) is 17.1. The molecule has 1 fully saturated rings. The average molecular weight is 297 g/mol. The standard InChI is InChI=1S/C13H23N5OS/c14-16-13(19)17-15-6-2-7-18-8-4-11(5-9-18)12-3-1-10-20-12/h1,3,10-11,15H,2,4-9,14H2,(H2,16,17,19). The van der Waals surface area contributed by atoms with Crippen LogP contribution in [0.3, 0.4) is 0 Å². The van der Waals surface area contributed by atoms with Crippen molar-refractivity contribution in [3.63, 3.8) is 0 Å². The number of thiophene rings is 1. The zero-order chi connectivity index (χ0) is 14.2. The van der Waals surface area contributed by atoms with Crippen LogP contribution in [-0.4, -0.2) is 37.1 Å². The summed E-state index contributed by atoms with van der Waals surface area (Å²) in [5.41, 5.74) is 7.29. The van der Waals surface area contributed by atoms with Crippen LogP contribution in [-0.2, 0) is 0 Å². The number of urea groups is 1. The molecule has 0 aliphatic carbocycles. The minimum absolute atomic E-state index is 0.415. The molecule has 1 aliphatic heterocycles. The van der Waals surface area contributed by atoms with Crippen LogP contribution in [0, 0.1) is 0 Å². The second-order valence-electron chi connectivity index (χ2n) is 5.01. The SMILES string of the molecule is NNC(=O)NNCCCN1CCC(c2cccs2)CC1. The number of likely N-dealkylation sites (tertiary alicyclic amines) is 1. The highest BCUT2D eigenvalue weighted by Crippen LogP contribution is 2.30. The molecule has 0 atom stereocenters. The van der Waals surface area contributed by atoms with Crippen molar-refractivity contribution in [1.29, 1.82) is 0 Å². The summed E-state index contributed by atoms with van der Waals surface area (Å²) in [6.07, 6.45) is 3.51. The van der Waals surface area contributed by atoms with Gasteiger partial charge in [0.25, 0.3) is 0 Å². The molecule has 0 spiro atoms. The molecular weight excluding hydrogens is 274 g/mol. The summed E-state index contributed by atoms with van der Waals surface area (Å²) in [5.74, 6) is 5.70. The minimum atomic E-state index is -0.415. The first-order valence-electron chi connectivity index (χ1n) is 7.05. The summed E-state index contributed by atoms with van der Waals surface area (Å²) in [5, 5.41) is 2.16. The van der Waals surface area contributed by atoms with E-state index in [0.29, 0.717) is 0 Å². The third kappa shape index (κ3) is 4.75. The van der Waals surface area contributed by atoms with E-state index in [2.05, 4.69) is 33.3 Å². The molecule has 2 amide bonds. The number of nitrogens with zero attached hydrogens (tertiary/aromatic N) is 1. The van der Waals surface area contributed by atoms with Crippen LogP contribution in [0.1, 0.15) is 30.1 Å². The molecule has 0 saturated carbocycles. The molecule has 7 heteroatoms. The number of hydrogen-bond donors (Lipinski definition) is 4. The van der Waals surface area contributed by atoms with Gasteiger partial charge in [0, 0.05) is 11.4 Å². The molecule has 112 valence electrons. The summed E-state index contributed by atoms with van der Waals surface area (Å²) in [7, 11) is 0. The van der Waals surface area contributed by atoms with E-state index in [-0.39, 0.29) is 0 Å². The zero-order valence-corrected chi connectivity index (χ0v) is 12.4. The van der Waals surface area contributed by atoms with Crippen molar-refractivity contribution in [3.05, 3.63) is 22.4 Å². The molecule has 2 heterocycles. The fraction of sp³-hybridized carbons (Fsp3) is 0.615. The van der Waals surface area contributed by atoms with Gasteiger partial charge in [0.1, 0.15) is 0 Å². The van der Waals surface area contributed by atoms with E-state index in [4.69, 9.17) is 5.84 Å². The van der Waals surface area contributed by atoms with Crippen molar-refractivity contribution in [2.45, 2.75) is 25.2 Å². The van der Waals surface area contributed by atoms with E-state index in [0.717, 1.165) is 25.4 Å². The Hall–Kier alpha value is -1.15. The van der Waals surface area contributed by atoms with Crippen LogP contribution in [0.4, 0.5) is 4.79 Å². The van der Waals surface area contributed by atoms with Crippen LogP contribution >= 0.6 is 11.3 Å². The van der Waals surface area contributed by atoms with Gasteiger partial charge in [-0.05, 0) is 56.3 Å². The lowest BCUT2D eigenvalue weighted by Gasteiger charge is -2.31. The smallest absolute Gasteiger partial charge is 0.303 e. The second kappa shape index (κ2) is 8.21. The molecular formula is C13H23N5OS. The predicted octanol–water partition coefficient (Wildman–Crippen LogP) is 0.995. The maximum absolute atomic E-state index is 10.8. The lowest BCUT2D eigenvalue weighted by molar-refractivity contribution is 0.209. The van der Waals surface area contributed by atoms with Gasteiger partial charge in [-0.15, -0.1) is 11.3 Å². The van der Waals surface area contributed by atoms with E-state index in [1.54, 1.807) is 0 Å². The third-order valence-corrected chi connectivity index (χ3v) is 4.68. The van der Waals surface area contributed by atoms with Gasteiger partial charge in [0.05, 0.1) is 0 Å². The molecule has 0 bridgehead atoms. The number of piperidine rings is 1. The van der Waals surface area contributed by atoms with E-state index in [1.165, 1.54) is 30.8 Å². The van der Waals surface area contributed by atoms with Gasteiger partial charge in [-0.2, -0.15) is 0 Å². The Morgan fingerprint density at radius 3 is 2.90 bits per heavy atom. The van der Waals surface area contributed by atoms with Gasteiger partial charge in [0.2, 0.25) is 0 Å². The Balaban J connectivity index is 1.55. The number of nitrogens with two attached hydrogens (primary N) is 1. The second-order valence-corrected chi connectivity index (χ2v) is 5.99. The summed E-state index contributed by atoms with van der Waals surface area (Å²) < 4.78 is 0. The van der Waals surface area contributed by atoms with Crippen molar-refractivity contribution >= 4 is 17.4 Å². The van der Waals surface area contributed by atoms with Crippen LogP contribution < -0.4 is 22.1 Å². The Morgan fingerprint density at radius 1 is 1.45 bits per heavy atom. The highest BCUT2D eigenvalue weighted by molar-refractivity contribution is 7.10. The summed E-state index contributed by atoms with van der Waals surface area (Å²) in [4.78, 5) is 14.8. The third-order valence-electron chi connectivity index (χ3n) is 3.64. The number of rotatable bonds is 6. The number of amides is 2. The molecule has 1 aromatic heterocycles. The molecule has 0 unspecified atom stereocenters. The largest absolute Gasteiger partial charge is 0.343 e. The molecule has 1 saturated heterocycles. The van der Waals surface area contributed by atoms with Crippen molar-refractivity contribution in [2.75, 3.05) is 26.2 Å². The summed E-state index contributed by atoms with van der Waals surface area (Å²) in [6, 6.07) is 3.98. The zero-order valence-electron chi connectivity index (χ0n) is 11.6. The number of carbonyl (C=O) groups excluding carboxylic acids is 1. The van der Waals surface area contributed by atoms with Gasteiger partial charge < -0.3 is 4.90 Å². The molecule has 1 aromatic rings. The highest BCUT2D eigenvalue weighted by atomic mass is 32.1. The lowest BCUT2D eigenvalue weighted by Crippen LogP contribution is -2.47. The lowest BCUT2D eigenvalue weighted by atomic mass is 9.95. The van der Waals surface area contributed by atoms with Gasteiger partial charge in [-0.25, -0.2) is 16.1 Å². The Labute approximate surface area is 123 Å². The average Bonchev–Trinajstić information content (AvgIpc) is 3.01. The first-order valence-corrected chi connectivity index (χ1v) is 7.93. The van der Waals surface area contributed by atoms with E-state index in [9.17, 15) is 4.79 Å². The van der Waals surface area contributed by atoms with Crippen molar-refractivity contribution in [1.82, 2.24) is 21.2 Å². The van der Waals surface area contributed by atoms with Crippen LogP contribution in [0.15, 0.2) is 17.5 Å². The number of nitrogens with one attached hydrogen (secondary N) is 3. The summed E-state index contributed by atoms with van der Waals surface area (Å²) in [6.45, 7) is 4.15. The Kier molecular flexibility index (Phi) is 6.25. The maximum atomic E-state index is 10.8. The van der Waals surface area contributed by atoms with Gasteiger partial charge in [0.15, 0.2) is 0 Å². The predicted molar refractivity (Wildman–Crippen MR) is 81.2 cm³/mol. The molecule has 1 aliphatic rings. The van der Waals surface area contributed by atoms with Crippen molar-refractivity contribution < 1.29 is 4.79 Å². The molecule has 0 aromatic carbocycles. The first kappa shape index (κ1) is 15.2. The first-order chi connectivity index (χ1) is 9.79. The maximum Gasteiger partial charge on any atom is 0.343 e. The van der Waals surface area contributed by atoms with Gasteiger partial charge in [-0.3, -0.25) is 10.9 Å². The Bertz CT molecular complexity index is 389. The fourth-order valence-corrected chi connectivity index (χ4v) is 3.43. The monoisotopic (exact) mass is 297 g/mol. The fourth-order valence-electron chi connectivity index (χ4n) is 2.53. The quantitative estimate of drug-likeness (QED) is 0.273. The Morgan fingerprint density at radius 2 is 2.25 bits per heavy atom. The molecule has 5 N–H and O–H groups in total. The molecule has 20 heavy (non-hydrogen) atoms. The van der Waals surface area contributed by atoms with Crippen LogP contribution in [0.5, 0.6) is 0 Å². The van der Waals surface area contributed by atoms with E-state index < -0.39 is 6.03 Å². The number of hydrogen-bond acceptors (Lipinski definition) is 5. The highest BCUT2D eigenvalue weighted by Gasteiger charge is 2.20. The topological polar surface area (TPSA) is 82.4 Å². The summed E-state index contributed by atoms with van der Waals surface area (Å²) >= 11 is 1.88. The number of hydrazine groups is 2. The van der Waals surface area contributed by atoms with Crippen molar-refractivity contribution in [2.24, 2.45) is 5.84 Å². The van der Waals surface area contributed by atoms with Gasteiger partial charge >= 0.3 is 6.03 Å². The van der Waals surface area contributed by atoms with E-state index in [1.807, 2.05) is 16.8 Å². The van der Waals surface area contributed by atoms with E-state index >= 15 is 0 Å². The van der Waals surface area contributed by atoms with Gasteiger partial charge in [-0.1, -0.05) is 6.07 Å². The van der Waals surface area contributed by atoms with Crippen LogP contribution in [0.2, 0.25) is 0 Å².